The number of alkyl carbamates (subject to hydrolysis) is 1. The van der Waals surface area contributed by atoms with Crippen LogP contribution in [0.1, 0.15) is 123 Å². The molecule has 4 aliphatic rings. The van der Waals surface area contributed by atoms with Gasteiger partial charge in [0.25, 0.3) is 0 Å². The van der Waals surface area contributed by atoms with Crippen molar-refractivity contribution in [1.29, 1.82) is 0 Å². The van der Waals surface area contributed by atoms with E-state index in [1.165, 1.54) is 9.80 Å². The average molecular weight is 1200 g/mol. The molecular weight excluding hydrogens is 1120 g/mol. The molecular formula is C68H78N8O10S. The smallest absolute Gasteiger partial charge is 0.407 e. The molecule has 0 spiro atoms. The number of nitrogens with one attached hydrogen (secondary N) is 4. The van der Waals surface area contributed by atoms with Gasteiger partial charge >= 0.3 is 6.09 Å². The normalized spacial score (nSPS) is 18.8. The Balaban J connectivity index is 0.700. The number of carbonyl (C=O) groups is 7. The van der Waals surface area contributed by atoms with Crippen molar-refractivity contribution in [2.24, 2.45) is 11.1 Å². The van der Waals surface area contributed by atoms with E-state index >= 15 is 0 Å². The quantitative estimate of drug-likeness (QED) is 0.0334. The fourth-order valence-corrected chi connectivity index (χ4v) is 13.4. The van der Waals surface area contributed by atoms with Crippen molar-refractivity contribution in [2.45, 2.75) is 160 Å². The van der Waals surface area contributed by atoms with Crippen LogP contribution in [0.15, 0.2) is 121 Å². The molecule has 4 heterocycles. The summed E-state index contributed by atoms with van der Waals surface area (Å²) < 4.78 is 12.3. The van der Waals surface area contributed by atoms with E-state index in [4.69, 9.17) is 15.2 Å². The predicted octanol–water partition coefficient (Wildman–Crippen LogP) is 8.11. The number of rotatable bonds is 23. The van der Waals surface area contributed by atoms with Crippen LogP contribution in [-0.2, 0) is 70.7 Å². The lowest BCUT2D eigenvalue weighted by Crippen LogP contribution is -2.57. The number of aryl methyl sites for hydroxylation is 3. The monoisotopic (exact) mass is 1200 g/mol. The number of hydrogen-bond donors (Lipinski definition) is 6. The molecule has 6 aromatic rings. The largest absolute Gasteiger partial charge is 0.449 e. The number of aliphatic hydroxyl groups is 1. The van der Waals surface area contributed by atoms with Crippen molar-refractivity contribution in [3.05, 3.63) is 165 Å². The number of unbranched alkanes of at least 4 members (excludes halogenated alkanes) is 1. The van der Waals surface area contributed by atoms with Gasteiger partial charge in [-0.15, -0.1) is 11.3 Å². The van der Waals surface area contributed by atoms with Crippen LogP contribution in [0, 0.1) is 12.3 Å². The van der Waals surface area contributed by atoms with Gasteiger partial charge in [0.05, 0.1) is 46.6 Å². The minimum Gasteiger partial charge on any atom is -0.449 e. The third kappa shape index (κ3) is 14.4. The maximum absolute atomic E-state index is 14.6. The number of thiazole rings is 1. The van der Waals surface area contributed by atoms with Gasteiger partial charge in [0.1, 0.15) is 30.8 Å². The molecule has 7 N–H and O–H groups in total. The van der Waals surface area contributed by atoms with Crippen molar-refractivity contribution in [2.75, 3.05) is 18.1 Å². The van der Waals surface area contributed by atoms with Crippen LogP contribution in [0.5, 0.6) is 0 Å². The highest BCUT2D eigenvalue weighted by atomic mass is 32.1. The number of fused-ring (bicyclic) bond motifs is 3. The summed E-state index contributed by atoms with van der Waals surface area (Å²) in [6.45, 7) is 9.86. The van der Waals surface area contributed by atoms with Crippen LogP contribution in [-0.4, -0.2) is 112 Å². The van der Waals surface area contributed by atoms with Crippen LogP contribution in [0.2, 0.25) is 0 Å². The van der Waals surface area contributed by atoms with E-state index in [-0.39, 0.29) is 76.1 Å². The number of carbonyl (C=O) groups excluding carboxylic acids is 7. The van der Waals surface area contributed by atoms with Gasteiger partial charge in [-0.25, -0.2) is 9.78 Å². The zero-order valence-corrected chi connectivity index (χ0v) is 50.8. The zero-order chi connectivity index (χ0) is 61.5. The third-order valence-corrected chi connectivity index (χ3v) is 18.3. The van der Waals surface area contributed by atoms with Gasteiger partial charge in [0.2, 0.25) is 35.4 Å². The zero-order valence-electron chi connectivity index (χ0n) is 50.0. The van der Waals surface area contributed by atoms with Gasteiger partial charge in [-0.1, -0.05) is 136 Å². The molecule has 10 rings (SSSR count). The highest BCUT2D eigenvalue weighted by Crippen LogP contribution is 2.45. The van der Waals surface area contributed by atoms with Gasteiger partial charge in [-0.3, -0.25) is 33.7 Å². The van der Waals surface area contributed by atoms with Crippen LogP contribution >= 0.6 is 11.3 Å². The van der Waals surface area contributed by atoms with E-state index in [2.05, 4.69) is 38.4 Å². The van der Waals surface area contributed by atoms with E-state index < -0.39 is 77.6 Å². The van der Waals surface area contributed by atoms with Crippen LogP contribution in [0.4, 0.5) is 10.5 Å². The van der Waals surface area contributed by atoms with E-state index in [0.717, 1.165) is 66.2 Å². The summed E-state index contributed by atoms with van der Waals surface area (Å²) in [6.07, 6.45) is 1.17. The van der Waals surface area contributed by atoms with Gasteiger partial charge in [-0.05, 0) is 113 Å². The topological polar surface area (TPSA) is 252 Å². The van der Waals surface area contributed by atoms with Crippen molar-refractivity contribution in [3.8, 4) is 21.6 Å². The minimum absolute atomic E-state index is 0.0168. The number of ether oxygens (including phenoxy) is 2. The molecule has 0 radical (unpaired) electrons. The minimum atomic E-state index is -0.962. The molecule has 87 heavy (non-hydrogen) atoms. The summed E-state index contributed by atoms with van der Waals surface area (Å²) in [5, 5.41) is 22.6. The molecule has 18 nitrogen and oxygen atoms in total. The Morgan fingerprint density at radius 3 is 2.22 bits per heavy atom. The lowest BCUT2D eigenvalue weighted by molar-refractivity contribution is -0.144. The average Bonchev–Trinajstić information content (AvgIpc) is 1.96. The summed E-state index contributed by atoms with van der Waals surface area (Å²) in [5.74, 6) is -2.62. The van der Waals surface area contributed by atoms with Gasteiger partial charge in [-0.2, -0.15) is 0 Å². The molecule has 1 saturated heterocycles. The molecule has 1 fully saturated rings. The number of hydrogen-bond acceptors (Lipinski definition) is 12. The number of likely N-dealkylation sites (tertiary alicyclic amines) is 1. The summed E-state index contributed by atoms with van der Waals surface area (Å²) >= 11 is 1.57. The molecule has 3 aliphatic heterocycles. The first-order valence-electron chi connectivity index (χ1n) is 30.2. The molecule has 456 valence electrons. The molecule has 0 saturated carbocycles. The molecule has 1 aromatic heterocycles. The Bertz CT molecular complexity index is 3480. The highest BCUT2D eigenvalue weighted by molar-refractivity contribution is 7.13. The standard InChI is InChI=1S/C68H78N8O10S/c1-40-61(87-39-71-40)46-26-24-43(25-27-46)35-70-63(80)56-34-48(77)36-75(56)66(83)62(68(3,4)5)74-59(79)23-11-6-14-42-15-12-16-44(32-42)37-85-41(2)54(30-31-58(69)78)72-64(81)57-33-47-18-13-17-45-28-29-55(65(82)76(57)60(45)47)73-67(84)86-38-53-51-21-9-7-19-49(51)50-20-8-10-22-52(50)53/h7-10,12-13,15-22,24-27,32,39,41,48,53-57,62,77H,6,11,14,23,28-31,33-38H2,1-5H3,(H2,69,78)(H,70,80)(H,72,81)(H,73,84)(H,74,79)/t41-,48-,54+,55+,56+,57+,62-/m1/s1. The van der Waals surface area contributed by atoms with E-state index in [1.807, 2.05) is 143 Å². The molecule has 19 heteroatoms. The van der Waals surface area contributed by atoms with Crippen LogP contribution in [0.25, 0.3) is 21.6 Å². The maximum Gasteiger partial charge on any atom is 0.407 e. The van der Waals surface area contributed by atoms with Crippen molar-refractivity contribution in [1.82, 2.24) is 31.2 Å². The third-order valence-electron chi connectivity index (χ3n) is 17.3. The first-order chi connectivity index (χ1) is 41.8. The molecule has 7 amide bonds. The number of nitrogens with zero attached hydrogens (tertiary/aromatic N) is 3. The highest BCUT2D eigenvalue weighted by Gasteiger charge is 2.46. The lowest BCUT2D eigenvalue weighted by atomic mass is 9.85. The van der Waals surface area contributed by atoms with Crippen LogP contribution in [0.3, 0.4) is 0 Å². The van der Waals surface area contributed by atoms with E-state index in [0.29, 0.717) is 37.8 Å². The van der Waals surface area contributed by atoms with Gasteiger partial charge in [0, 0.05) is 44.7 Å². The number of primary amides is 1. The summed E-state index contributed by atoms with van der Waals surface area (Å²) in [4.78, 5) is 105. The number of β-amino-alcohol motifs (C(OH)–C–C–N with tert-alkyl or cyclic N) is 1. The summed E-state index contributed by atoms with van der Waals surface area (Å²) in [7, 11) is 0. The Morgan fingerprint density at radius 2 is 1.52 bits per heavy atom. The number of aliphatic hydroxyl groups excluding tert-OH is 1. The lowest BCUT2D eigenvalue weighted by Gasteiger charge is -2.35. The number of para-hydroxylation sites is 1. The number of benzene rings is 5. The Morgan fingerprint density at radius 1 is 0.816 bits per heavy atom. The van der Waals surface area contributed by atoms with E-state index in [1.54, 1.807) is 11.3 Å². The summed E-state index contributed by atoms with van der Waals surface area (Å²) in [6, 6.07) is 33.3. The molecule has 5 aromatic carbocycles. The number of aromatic nitrogens is 1. The fourth-order valence-electron chi connectivity index (χ4n) is 12.6. The van der Waals surface area contributed by atoms with Crippen molar-refractivity contribution in [3.63, 3.8) is 0 Å². The van der Waals surface area contributed by atoms with Gasteiger partial charge in [0.15, 0.2) is 0 Å². The van der Waals surface area contributed by atoms with Gasteiger partial charge < -0.3 is 46.5 Å². The number of nitrogens with two attached hydrogens (primary N) is 1. The second-order valence-electron chi connectivity index (χ2n) is 24.5. The Hall–Kier alpha value is -8.26. The van der Waals surface area contributed by atoms with E-state index in [9.17, 15) is 38.7 Å². The molecule has 0 bridgehead atoms. The molecule has 1 aliphatic carbocycles. The Labute approximate surface area is 512 Å². The first-order valence-corrected chi connectivity index (χ1v) is 31.1. The second kappa shape index (κ2) is 27.2. The Kier molecular flexibility index (Phi) is 19.3. The van der Waals surface area contributed by atoms with Crippen molar-refractivity contribution < 1.29 is 48.1 Å². The SMILES string of the molecule is Cc1ncsc1-c1ccc(CNC(=O)[C@@H]2C[C@@H](O)CN2C(=O)[C@@H](NC(=O)CCCCc2cccc(CO[C@H](C)[C@H](CCC(N)=O)NC(=O)[C@@H]3Cc4cccc5c4N3C(=O)[C@@H](NC(=O)OCC3c4ccccc4-c4ccccc43)CC5)c2)C(C)(C)C)cc1. The maximum atomic E-state index is 14.6. The predicted molar refractivity (Wildman–Crippen MR) is 332 cm³/mol. The van der Waals surface area contributed by atoms with Crippen LogP contribution < -0.4 is 31.9 Å². The fraction of sp³-hybridized carbons (Fsp3) is 0.412. The second-order valence-corrected chi connectivity index (χ2v) is 25.4. The summed E-state index contributed by atoms with van der Waals surface area (Å²) in [5.41, 5.74) is 18.3. The van der Waals surface area contributed by atoms with Crippen molar-refractivity contribution >= 4 is 58.6 Å². The molecule has 0 unspecified atom stereocenters. The first kappa shape index (κ1) is 61.8. The number of anilines is 1. The number of amides is 7. The molecule has 7 atom stereocenters.